The SMILES string of the molecule is CCNC1c2ccccc2C(C)CC1N(C)CC(C)C. The second kappa shape index (κ2) is 6.73. The molecule has 2 heteroatoms. The quantitative estimate of drug-likeness (QED) is 0.878. The molecule has 1 N–H and O–H groups in total. The maximum Gasteiger partial charge on any atom is 0.0481 e. The largest absolute Gasteiger partial charge is 0.309 e. The summed E-state index contributed by atoms with van der Waals surface area (Å²) in [4.78, 5) is 2.56. The highest BCUT2D eigenvalue weighted by Gasteiger charge is 2.34. The third-order valence-electron chi connectivity index (χ3n) is 4.49. The molecular weight excluding hydrogens is 244 g/mol. The zero-order chi connectivity index (χ0) is 14.7. The van der Waals surface area contributed by atoms with E-state index >= 15 is 0 Å². The number of likely N-dealkylation sites (N-methyl/N-ethyl adjacent to an activating group) is 2. The van der Waals surface area contributed by atoms with Crippen molar-refractivity contribution >= 4 is 0 Å². The van der Waals surface area contributed by atoms with Crippen LogP contribution in [0, 0.1) is 5.92 Å². The first-order valence-corrected chi connectivity index (χ1v) is 8.07. The predicted octanol–water partition coefficient (Wildman–Crippen LogP) is 3.80. The summed E-state index contributed by atoms with van der Waals surface area (Å²) in [5.41, 5.74) is 3.04. The molecule has 2 nitrogen and oxygen atoms in total. The second-order valence-corrected chi connectivity index (χ2v) is 6.70. The van der Waals surface area contributed by atoms with Crippen molar-refractivity contribution in [2.75, 3.05) is 20.1 Å². The Morgan fingerprint density at radius 3 is 2.50 bits per heavy atom. The first-order valence-electron chi connectivity index (χ1n) is 8.07. The fraction of sp³-hybridized carbons (Fsp3) is 0.667. The standard InChI is InChI=1S/C18H30N2/c1-6-19-18-16-10-8-7-9-15(16)14(4)11-17(18)20(5)12-13(2)3/h7-10,13-14,17-19H,6,11-12H2,1-5H3. The van der Waals surface area contributed by atoms with Gasteiger partial charge in [0.15, 0.2) is 0 Å². The van der Waals surface area contributed by atoms with Crippen LogP contribution in [-0.4, -0.2) is 31.1 Å². The van der Waals surface area contributed by atoms with Gasteiger partial charge < -0.3 is 10.2 Å². The molecule has 0 spiro atoms. The molecule has 0 saturated heterocycles. The van der Waals surface area contributed by atoms with E-state index in [2.05, 4.69) is 69.2 Å². The predicted molar refractivity (Wildman–Crippen MR) is 87.1 cm³/mol. The van der Waals surface area contributed by atoms with E-state index in [1.807, 2.05) is 0 Å². The Hall–Kier alpha value is -0.860. The highest BCUT2D eigenvalue weighted by atomic mass is 15.2. The van der Waals surface area contributed by atoms with E-state index in [4.69, 9.17) is 0 Å². The number of rotatable bonds is 5. The first kappa shape index (κ1) is 15.5. The Kier molecular flexibility index (Phi) is 5.22. The van der Waals surface area contributed by atoms with Crippen LogP contribution in [0.25, 0.3) is 0 Å². The smallest absolute Gasteiger partial charge is 0.0481 e. The highest BCUT2D eigenvalue weighted by Crippen LogP contribution is 2.39. The minimum Gasteiger partial charge on any atom is -0.309 e. The van der Waals surface area contributed by atoms with Gasteiger partial charge in [-0.1, -0.05) is 52.0 Å². The van der Waals surface area contributed by atoms with Gasteiger partial charge in [-0.05, 0) is 43.0 Å². The number of benzene rings is 1. The minimum absolute atomic E-state index is 0.469. The summed E-state index contributed by atoms with van der Waals surface area (Å²) in [5, 5.41) is 3.72. The van der Waals surface area contributed by atoms with Crippen LogP contribution in [0.15, 0.2) is 24.3 Å². The van der Waals surface area contributed by atoms with Crippen molar-refractivity contribution in [1.29, 1.82) is 0 Å². The van der Waals surface area contributed by atoms with Crippen LogP contribution in [0.1, 0.15) is 57.2 Å². The summed E-state index contributed by atoms with van der Waals surface area (Å²) in [6, 6.07) is 10.0. The molecule has 0 heterocycles. The molecule has 3 atom stereocenters. The zero-order valence-corrected chi connectivity index (χ0v) is 13.7. The summed E-state index contributed by atoms with van der Waals surface area (Å²) in [7, 11) is 2.29. The maximum absolute atomic E-state index is 3.72. The van der Waals surface area contributed by atoms with E-state index in [-0.39, 0.29) is 0 Å². The molecule has 0 aromatic heterocycles. The fourth-order valence-corrected chi connectivity index (χ4v) is 3.69. The third-order valence-corrected chi connectivity index (χ3v) is 4.49. The Morgan fingerprint density at radius 1 is 1.25 bits per heavy atom. The van der Waals surface area contributed by atoms with E-state index in [0.717, 1.165) is 12.5 Å². The molecule has 0 aliphatic heterocycles. The Morgan fingerprint density at radius 2 is 1.90 bits per heavy atom. The van der Waals surface area contributed by atoms with Gasteiger partial charge in [-0.2, -0.15) is 0 Å². The molecule has 0 saturated carbocycles. The normalized spacial score (nSPS) is 26.1. The van der Waals surface area contributed by atoms with Crippen LogP contribution in [0.4, 0.5) is 0 Å². The Balaban J connectivity index is 2.29. The number of hydrogen-bond acceptors (Lipinski definition) is 2. The molecule has 1 aliphatic carbocycles. The average molecular weight is 274 g/mol. The molecule has 3 unspecified atom stereocenters. The third kappa shape index (κ3) is 3.24. The lowest BCUT2D eigenvalue weighted by molar-refractivity contribution is 0.150. The molecule has 0 radical (unpaired) electrons. The molecular formula is C18H30N2. The van der Waals surface area contributed by atoms with Gasteiger partial charge in [0.05, 0.1) is 0 Å². The van der Waals surface area contributed by atoms with E-state index < -0.39 is 0 Å². The van der Waals surface area contributed by atoms with Crippen molar-refractivity contribution in [3.05, 3.63) is 35.4 Å². The molecule has 112 valence electrons. The monoisotopic (exact) mass is 274 g/mol. The molecule has 20 heavy (non-hydrogen) atoms. The number of hydrogen-bond donors (Lipinski definition) is 1. The number of nitrogens with one attached hydrogen (secondary N) is 1. The zero-order valence-electron chi connectivity index (χ0n) is 13.7. The van der Waals surface area contributed by atoms with Gasteiger partial charge in [0.1, 0.15) is 0 Å². The van der Waals surface area contributed by atoms with Gasteiger partial charge in [0, 0.05) is 18.6 Å². The molecule has 1 aromatic rings. The second-order valence-electron chi connectivity index (χ2n) is 6.70. The summed E-state index contributed by atoms with van der Waals surface area (Å²) in [6.45, 7) is 11.4. The molecule has 0 bridgehead atoms. The molecule has 0 fully saturated rings. The first-order chi connectivity index (χ1) is 9.54. The van der Waals surface area contributed by atoms with E-state index in [1.165, 1.54) is 24.1 Å². The van der Waals surface area contributed by atoms with Crippen LogP contribution < -0.4 is 5.32 Å². The lowest BCUT2D eigenvalue weighted by Gasteiger charge is -2.42. The number of fused-ring (bicyclic) bond motifs is 1. The minimum atomic E-state index is 0.469. The molecule has 1 aliphatic rings. The average Bonchev–Trinajstić information content (AvgIpc) is 2.41. The molecule has 2 rings (SSSR count). The van der Waals surface area contributed by atoms with E-state index in [0.29, 0.717) is 18.0 Å². The lowest BCUT2D eigenvalue weighted by atomic mass is 9.77. The molecule has 1 aromatic carbocycles. The van der Waals surface area contributed by atoms with Crippen molar-refractivity contribution in [3.63, 3.8) is 0 Å². The summed E-state index contributed by atoms with van der Waals surface area (Å²) >= 11 is 0. The van der Waals surface area contributed by atoms with E-state index in [9.17, 15) is 0 Å². The van der Waals surface area contributed by atoms with Crippen LogP contribution in [0.5, 0.6) is 0 Å². The van der Waals surface area contributed by atoms with Crippen LogP contribution in [0.2, 0.25) is 0 Å². The Bertz CT molecular complexity index is 427. The maximum atomic E-state index is 3.72. The van der Waals surface area contributed by atoms with Gasteiger partial charge in [-0.25, -0.2) is 0 Å². The van der Waals surface area contributed by atoms with Gasteiger partial charge >= 0.3 is 0 Å². The van der Waals surface area contributed by atoms with Crippen molar-refractivity contribution in [2.45, 2.75) is 52.1 Å². The van der Waals surface area contributed by atoms with Crippen molar-refractivity contribution in [1.82, 2.24) is 10.2 Å². The summed E-state index contributed by atoms with van der Waals surface area (Å²) in [5.74, 6) is 1.37. The topological polar surface area (TPSA) is 15.3 Å². The van der Waals surface area contributed by atoms with Gasteiger partial charge in [-0.3, -0.25) is 0 Å². The van der Waals surface area contributed by atoms with Crippen LogP contribution >= 0.6 is 0 Å². The Labute approximate surface area is 124 Å². The molecule has 0 amide bonds. The summed E-state index contributed by atoms with van der Waals surface area (Å²) < 4.78 is 0. The van der Waals surface area contributed by atoms with Crippen molar-refractivity contribution in [3.8, 4) is 0 Å². The fourth-order valence-electron chi connectivity index (χ4n) is 3.69. The van der Waals surface area contributed by atoms with Crippen LogP contribution in [0.3, 0.4) is 0 Å². The summed E-state index contributed by atoms with van der Waals surface area (Å²) in [6.07, 6.45) is 1.25. The van der Waals surface area contributed by atoms with E-state index in [1.54, 1.807) is 0 Å². The van der Waals surface area contributed by atoms with Gasteiger partial charge in [0.2, 0.25) is 0 Å². The van der Waals surface area contributed by atoms with Crippen LogP contribution in [-0.2, 0) is 0 Å². The van der Waals surface area contributed by atoms with Crippen molar-refractivity contribution in [2.24, 2.45) is 5.92 Å². The highest BCUT2D eigenvalue weighted by molar-refractivity contribution is 5.36. The van der Waals surface area contributed by atoms with Crippen molar-refractivity contribution < 1.29 is 0 Å². The van der Waals surface area contributed by atoms with Gasteiger partial charge in [0.25, 0.3) is 0 Å². The lowest BCUT2D eigenvalue weighted by Crippen LogP contribution is -2.47. The van der Waals surface area contributed by atoms with Gasteiger partial charge in [-0.15, -0.1) is 0 Å². The number of nitrogens with zero attached hydrogens (tertiary/aromatic N) is 1.